The van der Waals surface area contributed by atoms with Crippen LogP contribution in [0.4, 0.5) is 11.5 Å². The highest BCUT2D eigenvalue weighted by Crippen LogP contribution is 2.29. The number of furan rings is 1. The van der Waals surface area contributed by atoms with E-state index in [0.717, 1.165) is 42.6 Å². The third-order valence-electron chi connectivity index (χ3n) is 5.00. The van der Waals surface area contributed by atoms with Gasteiger partial charge in [-0.3, -0.25) is 4.79 Å². The zero-order valence-corrected chi connectivity index (χ0v) is 16.1. The molecule has 3 aromatic rings. The van der Waals surface area contributed by atoms with E-state index in [9.17, 15) is 4.79 Å². The van der Waals surface area contributed by atoms with Crippen molar-refractivity contribution in [3.63, 3.8) is 0 Å². The zero-order chi connectivity index (χ0) is 18.8. The Morgan fingerprint density at radius 1 is 1.15 bits per heavy atom. The lowest BCUT2D eigenvalue weighted by atomic mass is 10.2. The number of carbonyl (C=O) groups excluding carboxylic acids is 1. The number of fused-ring (bicyclic) bond motifs is 1. The topological polar surface area (TPSA) is 58.4 Å². The van der Waals surface area contributed by atoms with Crippen LogP contribution < -0.4 is 5.32 Å². The van der Waals surface area contributed by atoms with Gasteiger partial charge in [-0.05, 0) is 43.5 Å². The Morgan fingerprint density at radius 3 is 2.67 bits per heavy atom. The molecule has 0 aliphatic carbocycles. The monoisotopic (exact) mass is 383 g/mol. The molecule has 5 nitrogen and oxygen atoms in total. The summed E-state index contributed by atoms with van der Waals surface area (Å²) >= 11 is 6.24. The quantitative estimate of drug-likeness (QED) is 0.644. The summed E-state index contributed by atoms with van der Waals surface area (Å²) in [5, 5.41) is 4.80. The Morgan fingerprint density at radius 2 is 1.93 bits per heavy atom. The minimum atomic E-state index is -0.0415. The van der Waals surface area contributed by atoms with Gasteiger partial charge in [-0.2, -0.15) is 0 Å². The second-order valence-electron chi connectivity index (χ2n) is 6.98. The molecule has 6 heteroatoms. The van der Waals surface area contributed by atoms with Gasteiger partial charge in [-0.25, -0.2) is 4.98 Å². The number of aryl methyl sites for hydroxylation is 1. The number of likely N-dealkylation sites (tertiary alicyclic amines) is 1. The van der Waals surface area contributed by atoms with Gasteiger partial charge < -0.3 is 14.6 Å². The summed E-state index contributed by atoms with van der Waals surface area (Å²) < 4.78 is 5.57. The van der Waals surface area contributed by atoms with E-state index in [1.54, 1.807) is 12.3 Å². The number of nitrogens with zero attached hydrogens (tertiary/aromatic N) is 2. The van der Waals surface area contributed by atoms with Crippen molar-refractivity contribution in [2.75, 3.05) is 18.4 Å². The molecule has 140 valence electrons. The maximum absolute atomic E-state index is 13.0. The van der Waals surface area contributed by atoms with Gasteiger partial charge in [0.1, 0.15) is 17.1 Å². The number of hydrogen-bond donors (Lipinski definition) is 1. The van der Waals surface area contributed by atoms with E-state index >= 15 is 0 Å². The van der Waals surface area contributed by atoms with Gasteiger partial charge in [0.05, 0.1) is 11.6 Å². The first-order valence-electron chi connectivity index (χ1n) is 9.32. The van der Waals surface area contributed by atoms with E-state index in [1.165, 1.54) is 12.8 Å². The summed E-state index contributed by atoms with van der Waals surface area (Å²) in [4.78, 5) is 19.5. The highest BCUT2D eigenvalue weighted by atomic mass is 35.5. The number of anilines is 2. The van der Waals surface area contributed by atoms with Crippen molar-refractivity contribution in [2.45, 2.75) is 32.6 Å². The summed E-state index contributed by atoms with van der Waals surface area (Å²) in [5.41, 5.74) is 2.87. The van der Waals surface area contributed by atoms with E-state index in [4.69, 9.17) is 16.0 Å². The first-order chi connectivity index (χ1) is 13.1. The van der Waals surface area contributed by atoms with Gasteiger partial charge in [0.15, 0.2) is 0 Å². The van der Waals surface area contributed by atoms with E-state index in [0.29, 0.717) is 22.1 Å². The van der Waals surface area contributed by atoms with Gasteiger partial charge in [0.2, 0.25) is 0 Å². The minimum Gasteiger partial charge on any atom is -0.464 e. The fourth-order valence-electron chi connectivity index (χ4n) is 3.41. The van der Waals surface area contributed by atoms with Crippen molar-refractivity contribution in [1.29, 1.82) is 0 Å². The first-order valence-corrected chi connectivity index (χ1v) is 9.70. The van der Waals surface area contributed by atoms with Crippen molar-refractivity contribution < 1.29 is 9.21 Å². The van der Waals surface area contributed by atoms with Crippen molar-refractivity contribution in [1.82, 2.24) is 9.88 Å². The highest BCUT2D eigenvalue weighted by molar-refractivity contribution is 6.31. The SMILES string of the molecule is Cc1ccc(Nc2nc(C(=O)N3CCCCCC3)cc3occc23)cc1Cl. The highest BCUT2D eigenvalue weighted by Gasteiger charge is 2.21. The molecule has 0 saturated carbocycles. The van der Waals surface area contributed by atoms with Crippen LogP contribution in [0.3, 0.4) is 0 Å². The smallest absolute Gasteiger partial charge is 0.272 e. The van der Waals surface area contributed by atoms with Gasteiger partial charge in [0, 0.05) is 29.9 Å². The second kappa shape index (κ2) is 7.61. The lowest BCUT2D eigenvalue weighted by Gasteiger charge is -2.20. The summed E-state index contributed by atoms with van der Waals surface area (Å²) in [6.45, 7) is 3.53. The molecule has 3 heterocycles. The number of aromatic nitrogens is 1. The Labute approximate surface area is 163 Å². The number of nitrogens with one attached hydrogen (secondary N) is 1. The lowest BCUT2D eigenvalue weighted by molar-refractivity contribution is 0.0756. The van der Waals surface area contributed by atoms with Gasteiger partial charge in [0.25, 0.3) is 5.91 Å². The molecule has 1 N–H and O–H groups in total. The van der Waals surface area contributed by atoms with Crippen molar-refractivity contribution in [2.24, 2.45) is 0 Å². The van der Waals surface area contributed by atoms with Crippen LogP contribution in [0.1, 0.15) is 41.7 Å². The standard InChI is InChI=1S/C21H22ClN3O2/c1-14-6-7-15(12-17(14)22)23-20-16-8-11-27-19(16)13-18(24-20)21(26)25-9-4-2-3-5-10-25/h6-8,11-13H,2-5,9-10H2,1H3,(H,23,24). The van der Waals surface area contributed by atoms with Crippen LogP contribution in [-0.4, -0.2) is 28.9 Å². The molecule has 1 aliphatic heterocycles. The van der Waals surface area contributed by atoms with E-state index < -0.39 is 0 Å². The molecule has 1 aliphatic rings. The van der Waals surface area contributed by atoms with E-state index in [1.807, 2.05) is 36.1 Å². The molecule has 1 amide bonds. The van der Waals surface area contributed by atoms with Gasteiger partial charge in [-0.15, -0.1) is 0 Å². The molecule has 27 heavy (non-hydrogen) atoms. The van der Waals surface area contributed by atoms with Crippen molar-refractivity contribution in [3.8, 4) is 0 Å². The van der Waals surface area contributed by atoms with Gasteiger partial charge in [-0.1, -0.05) is 30.5 Å². The molecule has 0 bridgehead atoms. The number of pyridine rings is 1. The molecule has 0 atom stereocenters. The third-order valence-corrected chi connectivity index (χ3v) is 5.40. The van der Waals surface area contributed by atoms with Crippen LogP contribution in [0, 0.1) is 6.92 Å². The number of halogens is 1. The fraction of sp³-hybridized carbons (Fsp3) is 0.333. The molecule has 0 spiro atoms. The van der Waals surface area contributed by atoms with E-state index in [2.05, 4.69) is 10.3 Å². The van der Waals surface area contributed by atoms with E-state index in [-0.39, 0.29) is 5.91 Å². The largest absolute Gasteiger partial charge is 0.464 e. The second-order valence-corrected chi connectivity index (χ2v) is 7.39. The van der Waals surface area contributed by atoms with Crippen molar-refractivity contribution in [3.05, 3.63) is 52.9 Å². The summed E-state index contributed by atoms with van der Waals surface area (Å²) in [6.07, 6.45) is 6.05. The predicted octanol–water partition coefficient (Wildman–Crippen LogP) is 5.55. The van der Waals surface area contributed by atoms with Gasteiger partial charge >= 0.3 is 0 Å². The number of benzene rings is 1. The molecular formula is C21H22ClN3O2. The number of amides is 1. The Hall–Kier alpha value is -2.53. The average Bonchev–Trinajstić information content (AvgIpc) is 2.98. The minimum absolute atomic E-state index is 0.0415. The van der Waals surface area contributed by atoms with Crippen molar-refractivity contribution >= 4 is 40.0 Å². The number of hydrogen-bond acceptors (Lipinski definition) is 4. The molecule has 0 unspecified atom stereocenters. The van der Waals surface area contributed by atoms with Crippen LogP contribution in [0.2, 0.25) is 5.02 Å². The Balaban J connectivity index is 1.68. The maximum atomic E-state index is 13.0. The molecule has 4 rings (SSSR count). The molecule has 1 fully saturated rings. The first kappa shape index (κ1) is 17.9. The van der Waals surface area contributed by atoms with Crippen LogP contribution in [0.5, 0.6) is 0 Å². The fourth-order valence-corrected chi connectivity index (χ4v) is 3.59. The molecule has 2 aromatic heterocycles. The summed E-state index contributed by atoms with van der Waals surface area (Å²) in [5.74, 6) is 0.555. The zero-order valence-electron chi connectivity index (χ0n) is 15.3. The van der Waals surface area contributed by atoms with Crippen LogP contribution in [-0.2, 0) is 0 Å². The normalized spacial score (nSPS) is 15.0. The van der Waals surface area contributed by atoms with Crippen LogP contribution in [0.25, 0.3) is 11.0 Å². The average molecular weight is 384 g/mol. The summed E-state index contributed by atoms with van der Waals surface area (Å²) in [6, 6.07) is 9.33. The molecule has 1 aromatic carbocycles. The number of rotatable bonds is 3. The summed E-state index contributed by atoms with van der Waals surface area (Å²) in [7, 11) is 0. The number of carbonyl (C=O) groups is 1. The maximum Gasteiger partial charge on any atom is 0.272 e. The molecular weight excluding hydrogens is 362 g/mol. The molecule has 1 saturated heterocycles. The Bertz CT molecular complexity index is 975. The van der Waals surface area contributed by atoms with Crippen LogP contribution in [0.15, 0.2) is 41.0 Å². The predicted molar refractivity (Wildman–Crippen MR) is 108 cm³/mol. The Kier molecular flexibility index (Phi) is 5.03. The lowest BCUT2D eigenvalue weighted by Crippen LogP contribution is -2.32. The third kappa shape index (κ3) is 3.78. The van der Waals surface area contributed by atoms with Crippen LogP contribution >= 0.6 is 11.6 Å². The molecule has 0 radical (unpaired) electrons.